The number of amides is 1. The van der Waals surface area contributed by atoms with E-state index in [0.29, 0.717) is 24.8 Å². The van der Waals surface area contributed by atoms with Gasteiger partial charge in [-0.05, 0) is 25.0 Å². The Labute approximate surface area is 163 Å². The summed E-state index contributed by atoms with van der Waals surface area (Å²) < 4.78 is 40.7. The van der Waals surface area contributed by atoms with Gasteiger partial charge in [0.15, 0.2) is 11.5 Å². The Morgan fingerprint density at radius 1 is 1.32 bits per heavy atom. The summed E-state index contributed by atoms with van der Waals surface area (Å²) in [6.07, 6.45) is 5.41. The molecule has 2 aliphatic heterocycles. The minimum Gasteiger partial charge on any atom is -0.493 e. The zero-order valence-electron chi connectivity index (χ0n) is 16.0. The summed E-state index contributed by atoms with van der Waals surface area (Å²) in [4.78, 5) is 16.6. The molecule has 154 valence electrons. The van der Waals surface area contributed by atoms with Gasteiger partial charge in [0.25, 0.3) is 0 Å². The number of methoxy groups -OCH3 is 1. The molecule has 8 heteroatoms. The zero-order chi connectivity index (χ0) is 19.9. The molecule has 1 aromatic rings. The van der Waals surface area contributed by atoms with E-state index in [1.807, 2.05) is 0 Å². The van der Waals surface area contributed by atoms with Crippen molar-refractivity contribution in [3.8, 4) is 11.5 Å². The number of carbonyl (C=O) groups is 1. The molecule has 2 fully saturated rings. The van der Waals surface area contributed by atoms with Crippen LogP contribution in [0.5, 0.6) is 11.5 Å². The van der Waals surface area contributed by atoms with Crippen LogP contribution in [0.4, 0.5) is 8.78 Å². The van der Waals surface area contributed by atoms with Gasteiger partial charge >= 0.3 is 6.61 Å². The number of hydrogen-bond donors (Lipinski definition) is 0. The van der Waals surface area contributed by atoms with Gasteiger partial charge in [-0.1, -0.05) is 12.1 Å². The Morgan fingerprint density at radius 3 is 2.75 bits per heavy atom. The largest absolute Gasteiger partial charge is 0.493 e. The molecule has 0 bridgehead atoms. The normalized spacial score (nSPS) is 20.9. The smallest absolute Gasteiger partial charge is 0.387 e. The Hall–Kier alpha value is -2.19. The van der Waals surface area contributed by atoms with Crippen LogP contribution in [0.3, 0.4) is 0 Å². The van der Waals surface area contributed by atoms with Gasteiger partial charge in [-0.25, -0.2) is 0 Å². The summed E-state index contributed by atoms with van der Waals surface area (Å²) in [7, 11) is 1.38. The molecule has 28 heavy (non-hydrogen) atoms. The number of carbonyl (C=O) groups excluding carboxylic acids is 1. The molecule has 0 spiro atoms. The second-order valence-electron chi connectivity index (χ2n) is 6.85. The van der Waals surface area contributed by atoms with Gasteiger partial charge in [0.2, 0.25) is 5.91 Å². The van der Waals surface area contributed by atoms with E-state index in [0.717, 1.165) is 39.1 Å². The number of halogens is 2. The highest BCUT2D eigenvalue weighted by Gasteiger charge is 2.24. The molecule has 0 saturated carbocycles. The molecule has 3 rings (SSSR count). The number of para-hydroxylation sites is 1. The van der Waals surface area contributed by atoms with Crippen molar-refractivity contribution >= 4 is 12.0 Å². The van der Waals surface area contributed by atoms with E-state index in [1.54, 1.807) is 17.0 Å². The minimum atomic E-state index is -2.98. The van der Waals surface area contributed by atoms with Crippen molar-refractivity contribution in [2.45, 2.75) is 25.6 Å². The quantitative estimate of drug-likeness (QED) is 0.664. The summed E-state index contributed by atoms with van der Waals surface area (Å²) >= 11 is 0. The van der Waals surface area contributed by atoms with Crippen LogP contribution >= 0.6 is 0 Å². The Kier molecular flexibility index (Phi) is 7.22. The predicted octanol–water partition coefficient (Wildman–Crippen LogP) is 2.63. The van der Waals surface area contributed by atoms with Crippen molar-refractivity contribution in [3.05, 3.63) is 29.8 Å². The van der Waals surface area contributed by atoms with E-state index in [-0.39, 0.29) is 17.4 Å². The van der Waals surface area contributed by atoms with Crippen molar-refractivity contribution in [1.29, 1.82) is 0 Å². The highest BCUT2D eigenvalue weighted by Crippen LogP contribution is 2.33. The fraction of sp³-hybridized carbons (Fsp3) is 0.550. The first-order valence-electron chi connectivity index (χ1n) is 9.49. The Balaban J connectivity index is 1.57. The standard InChI is InChI=1S/C20H26F2N2O4/c1-26-17-6-2-4-15(19(17)28-20(21)22)7-8-18(25)24-11-9-23(10-12-24)14-16-5-3-13-27-16/h2,4,6-8,16,20H,3,5,9-14H2,1H3. The number of benzene rings is 1. The molecule has 1 aromatic carbocycles. The number of piperazine rings is 1. The highest BCUT2D eigenvalue weighted by atomic mass is 19.3. The lowest BCUT2D eigenvalue weighted by Crippen LogP contribution is -2.50. The zero-order valence-corrected chi connectivity index (χ0v) is 16.0. The van der Waals surface area contributed by atoms with E-state index >= 15 is 0 Å². The van der Waals surface area contributed by atoms with Gasteiger partial charge in [-0.3, -0.25) is 9.69 Å². The summed E-state index contributed by atoms with van der Waals surface area (Å²) in [6.45, 7) is 1.65. The van der Waals surface area contributed by atoms with E-state index < -0.39 is 6.61 Å². The lowest BCUT2D eigenvalue weighted by atomic mass is 10.1. The second-order valence-corrected chi connectivity index (χ2v) is 6.85. The number of rotatable bonds is 7. The molecule has 0 aliphatic carbocycles. The highest BCUT2D eigenvalue weighted by molar-refractivity contribution is 5.92. The summed E-state index contributed by atoms with van der Waals surface area (Å²) in [5.74, 6) is -0.0364. The lowest BCUT2D eigenvalue weighted by molar-refractivity contribution is -0.127. The third kappa shape index (κ3) is 5.42. The monoisotopic (exact) mass is 396 g/mol. The average Bonchev–Trinajstić information content (AvgIpc) is 3.20. The summed E-state index contributed by atoms with van der Waals surface area (Å²) in [5.41, 5.74) is 0.366. The van der Waals surface area contributed by atoms with E-state index in [4.69, 9.17) is 9.47 Å². The number of nitrogens with zero attached hydrogens (tertiary/aromatic N) is 2. The summed E-state index contributed by atoms with van der Waals surface area (Å²) in [6, 6.07) is 4.79. The van der Waals surface area contributed by atoms with E-state index in [1.165, 1.54) is 25.3 Å². The van der Waals surface area contributed by atoms with Crippen LogP contribution in [0.25, 0.3) is 6.08 Å². The van der Waals surface area contributed by atoms with Crippen molar-refractivity contribution in [2.24, 2.45) is 0 Å². The molecule has 2 heterocycles. The van der Waals surface area contributed by atoms with Gasteiger partial charge in [0.05, 0.1) is 13.2 Å². The maximum atomic E-state index is 12.7. The molecule has 1 atom stereocenters. The molecule has 2 saturated heterocycles. The molecule has 6 nitrogen and oxygen atoms in total. The lowest BCUT2D eigenvalue weighted by Gasteiger charge is -2.35. The predicted molar refractivity (Wildman–Crippen MR) is 101 cm³/mol. The fourth-order valence-corrected chi connectivity index (χ4v) is 3.53. The van der Waals surface area contributed by atoms with Gasteiger partial charge in [-0.15, -0.1) is 0 Å². The molecule has 1 unspecified atom stereocenters. The van der Waals surface area contributed by atoms with Crippen LogP contribution in [0.2, 0.25) is 0 Å². The van der Waals surface area contributed by atoms with Crippen molar-refractivity contribution in [1.82, 2.24) is 9.80 Å². The molecular weight excluding hydrogens is 370 g/mol. The van der Waals surface area contributed by atoms with Crippen molar-refractivity contribution in [2.75, 3.05) is 46.4 Å². The Morgan fingerprint density at radius 2 is 2.11 bits per heavy atom. The molecule has 0 N–H and O–H groups in total. The van der Waals surface area contributed by atoms with Gasteiger partial charge in [-0.2, -0.15) is 8.78 Å². The average molecular weight is 396 g/mol. The number of hydrogen-bond acceptors (Lipinski definition) is 5. The first-order valence-corrected chi connectivity index (χ1v) is 9.49. The third-order valence-electron chi connectivity index (χ3n) is 5.01. The van der Waals surface area contributed by atoms with Crippen LogP contribution in [0, 0.1) is 0 Å². The number of ether oxygens (including phenoxy) is 3. The topological polar surface area (TPSA) is 51.2 Å². The molecule has 1 amide bonds. The van der Waals surface area contributed by atoms with Gasteiger partial charge < -0.3 is 19.1 Å². The molecule has 2 aliphatic rings. The van der Waals surface area contributed by atoms with Crippen LogP contribution in [-0.2, 0) is 9.53 Å². The molecule has 0 radical (unpaired) electrons. The van der Waals surface area contributed by atoms with Crippen molar-refractivity contribution < 1.29 is 27.8 Å². The van der Waals surface area contributed by atoms with Gasteiger partial charge in [0, 0.05) is 51.0 Å². The number of alkyl halides is 2. The van der Waals surface area contributed by atoms with Crippen LogP contribution in [0.15, 0.2) is 24.3 Å². The summed E-state index contributed by atoms with van der Waals surface area (Å²) in [5, 5.41) is 0. The van der Waals surface area contributed by atoms with Gasteiger partial charge in [0.1, 0.15) is 0 Å². The first-order chi connectivity index (χ1) is 13.6. The third-order valence-corrected chi connectivity index (χ3v) is 5.01. The van der Waals surface area contributed by atoms with Crippen molar-refractivity contribution in [3.63, 3.8) is 0 Å². The fourth-order valence-electron chi connectivity index (χ4n) is 3.53. The van der Waals surface area contributed by atoms with Crippen LogP contribution < -0.4 is 9.47 Å². The van der Waals surface area contributed by atoms with Crippen LogP contribution in [0.1, 0.15) is 18.4 Å². The van der Waals surface area contributed by atoms with Crippen LogP contribution in [-0.4, -0.2) is 74.9 Å². The van der Waals surface area contributed by atoms with E-state index in [9.17, 15) is 13.6 Å². The minimum absolute atomic E-state index is 0.0783. The Bertz CT molecular complexity index is 685. The molecular formula is C20H26F2N2O4. The maximum absolute atomic E-state index is 12.7. The molecule has 0 aromatic heterocycles. The second kappa shape index (κ2) is 9.84. The SMILES string of the molecule is COc1cccc(C=CC(=O)N2CCN(CC3CCCO3)CC2)c1OC(F)F. The first kappa shape index (κ1) is 20.5. The maximum Gasteiger partial charge on any atom is 0.387 e. The van der Waals surface area contributed by atoms with E-state index in [2.05, 4.69) is 9.64 Å².